The molecule has 0 spiro atoms. The first-order valence-electron chi connectivity index (χ1n) is 7.95. The molecule has 0 radical (unpaired) electrons. The van der Waals surface area contributed by atoms with Crippen LogP contribution in [0.3, 0.4) is 0 Å². The highest BCUT2D eigenvalue weighted by Gasteiger charge is 2.31. The molecule has 1 N–H and O–H groups in total. The van der Waals surface area contributed by atoms with Crippen molar-refractivity contribution in [3.8, 4) is 0 Å². The van der Waals surface area contributed by atoms with Crippen molar-refractivity contribution in [2.75, 3.05) is 13.2 Å². The average Bonchev–Trinajstić information content (AvgIpc) is 2.68. The van der Waals surface area contributed by atoms with Crippen LogP contribution in [-0.2, 0) is 9.53 Å². The molecule has 0 bridgehead atoms. The molecule has 0 aromatic rings. The Labute approximate surface area is 124 Å². The van der Waals surface area contributed by atoms with E-state index in [1.807, 2.05) is 0 Å². The quantitative estimate of drug-likeness (QED) is 0.757. The predicted molar refractivity (Wildman–Crippen MR) is 83.9 cm³/mol. The summed E-state index contributed by atoms with van der Waals surface area (Å²) < 4.78 is 5.60. The van der Waals surface area contributed by atoms with Gasteiger partial charge in [-0.2, -0.15) is 0 Å². The molecule has 2 atom stereocenters. The first kappa shape index (κ1) is 17.6. The molecule has 1 aliphatic rings. The van der Waals surface area contributed by atoms with Gasteiger partial charge in [-0.1, -0.05) is 20.8 Å². The van der Waals surface area contributed by atoms with Crippen LogP contribution in [-0.4, -0.2) is 30.6 Å². The number of nitrogens with one attached hydrogen (secondary N) is 1. The second-order valence-electron chi connectivity index (χ2n) is 8.43. The van der Waals surface area contributed by atoms with Gasteiger partial charge in [0.05, 0.1) is 13.2 Å². The number of carbonyl (C=O) groups is 1. The molecule has 0 aliphatic heterocycles. The summed E-state index contributed by atoms with van der Waals surface area (Å²) in [4.78, 5) is 12.2. The lowest BCUT2D eigenvalue weighted by Crippen LogP contribution is -2.42. The van der Waals surface area contributed by atoms with Crippen LogP contribution in [0, 0.1) is 11.3 Å². The van der Waals surface area contributed by atoms with Crippen LogP contribution in [0.25, 0.3) is 0 Å². The SMILES string of the molecule is CC(C)(C)COCCC(=O)C1CC[C@@H](NC(C)(C)C)C1. The molecule has 3 nitrogen and oxygen atoms in total. The third-order valence-electron chi connectivity index (χ3n) is 3.55. The fourth-order valence-electron chi connectivity index (χ4n) is 2.77. The van der Waals surface area contributed by atoms with Crippen molar-refractivity contribution in [3.63, 3.8) is 0 Å². The Bertz CT molecular complexity index is 312. The molecule has 0 amide bonds. The number of hydrogen-bond acceptors (Lipinski definition) is 3. The molecule has 1 rings (SSSR count). The minimum atomic E-state index is 0.137. The van der Waals surface area contributed by atoms with E-state index in [0.29, 0.717) is 24.9 Å². The molecule has 0 heterocycles. The van der Waals surface area contributed by atoms with E-state index in [9.17, 15) is 4.79 Å². The molecule has 3 heteroatoms. The third kappa shape index (κ3) is 7.39. The van der Waals surface area contributed by atoms with Crippen molar-refractivity contribution < 1.29 is 9.53 Å². The van der Waals surface area contributed by atoms with Gasteiger partial charge >= 0.3 is 0 Å². The Hall–Kier alpha value is -0.410. The summed E-state index contributed by atoms with van der Waals surface area (Å²) in [6.07, 6.45) is 3.72. The maximum atomic E-state index is 12.2. The third-order valence-corrected chi connectivity index (χ3v) is 3.55. The molecule has 0 aromatic carbocycles. The number of ether oxygens (including phenoxy) is 1. The molecule has 118 valence electrons. The number of ketones is 1. The lowest BCUT2D eigenvalue weighted by atomic mass is 9.98. The second-order valence-corrected chi connectivity index (χ2v) is 8.43. The molecule has 1 saturated carbocycles. The maximum Gasteiger partial charge on any atom is 0.138 e. The van der Waals surface area contributed by atoms with Gasteiger partial charge in [0.2, 0.25) is 0 Å². The molecule has 1 fully saturated rings. The van der Waals surface area contributed by atoms with Gasteiger partial charge in [0.1, 0.15) is 5.78 Å². The van der Waals surface area contributed by atoms with Gasteiger partial charge in [-0.15, -0.1) is 0 Å². The van der Waals surface area contributed by atoms with Crippen LogP contribution < -0.4 is 5.32 Å². The van der Waals surface area contributed by atoms with Crippen LogP contribution in [0.4, 0.5) is 0 Å². The molecule has 0 saturated heterocycles. The minimum Gasteiger partial charge on any atom is -0.380 e. The summed E-state index contributed by atoms with van der Waals surface area (Å²) in [5.41, 5.74) is 0.316. The van der Waals surface area contributed by atoms with Crippen LogP contribution in [0.1, 0.15) is 67.2 Å². The van der Waals surface area contributed by atoms with Crippen molar-refractivity contribution in [1.82, 2.24) is 5.32 Å². The number of carbonyl (C=O) groups excluding carboxylic acids is 1. The lowest BCUT2D eigenvalue weighted by Gasteiger charge is -2.25. The monoisotopic (exact) mass is 283 g/mol. The van der Waals surface area contributed by atoms with Gasteiger partial charge in [-0.05, 0) is 45.4 Å². The van der Waals surface area contributed by atoms with Crippen LogP contribution in [0.5, 0.6) is 0 Å². The molecule has 1 aliphatic carbocycles. The average molecular weight is 283 g/mol. The van der Waals surface area contributed by atoms with E-state index in [1.54, 1.807) is 0 Å². The molecule has 1 unspecified atom stereocenters. The highest BCUT2D eigenvalue weighted by molar-refractivity contribution is 5.81. The Morgan fingerprint density at radius 2 is 1.80 bits per heavy atom. The van der Waals surface area contributed by atoms with Crippen LogP contribution in [0.15, 0.2) is 0 Å². The van der Waals surface area contributed by atoms with Crippen LogP contribution >= 0.6 is 0 Å². The van der Waals surface area contributed by atoms with E-state index < -0.39 is 0 Å². The first-order chi connectivity index (χ1) is 9.07. The Morgan fingerprint density at radius 3 is 2.35 bits per heavy atom. The number of rotatable bonds is 6. The summed E-state index contributed by atoms with van der Waals surface area (Å²) in [6, 6.07) is 0.499. The van der Waals surface area contributed by atoms with Gasteiger partial charge in [0.25, 0.3) is 0 Å². The number of hydrogen-bond donors (Lipinski definition) is 1. The molecule has 20 heavy (non-hydrogen) atoms. The van der Waals surface area contributed by atoms with Gasteiger partial charge < -0.3 is 10.1 Å². The second kappa shape index (κ2) is 7.04. The summed E-state index contributed by atoms with van der Waals surface area (Å²) in [6.45, 7) is 14.3. The van der Waals surface area contributed by atoms with Crippen molar-refractivity contribution in [3.05, 3.63) is 0 Å². The smallest absolute Gasteiger partial charge is 0.138 e. The summed E-state index contributed by atoms with van der Waals surface area (Å²) in [7, 11) is 0. The summed E-state index contributed by atoms with van der Waals surface area (Å²) in [5, 5.41) is 3.61. The van der Waals surface area contributed by atoms with Gasteiger partial charge in [-0.25, -0.2) is 0 Å². The summed E-state index contributed by atoms with van der Waals surface area (Å²) >= 11 is 0. The van der Waals surface area contributed by atoms with E-state index in [-0.39, 0.29) is 16.9 Å². The normalized spacial score (nSPS) is 24.1. The van der Waals surface area contributed by atoms with E-state index in [4.69, 9.17) is 4.74 Å². The Kier molecular flexibility index (Phi) is 6.21. The lowest BCUT2D eigenvalue weighted by molar-refractivity contribution is -0.124. The van der Waals surface area contributed by atoms with Gasteiger partial charge in [0, 0.05) is 23.9 Å². The Morgan fingerprint density at radius 1 is 1.15 bits per heavy atom. The minimum absolute atomic E-state index is 0.137. The fourth-order valence-corrected chi connectivity index (χ4v) is 2.77. The van der Waals surface area contributed by atoms with E-state index >= 15 is 0 Å². The molecule has 0 aromatic heterocycles. The molecular formula is C17H33NO2. The largest absolute Gasteiger partial charge is 0.380 e. The topological polar surface area (TPSA) is 38.3 Å². The zero-order valence-electron chi connectivity index (χ0n) is 14.2. The standard InChI is InChI=1S/C17H33NO2/c1-16(2,3)12-20-10-9-15(19)13-7-8-14(11-13)18-17(4,5)6/h13-14,18H,7-12H2,1-6H3/t13?,14-/m1/s1. The van der Waals surface area contributed by atoms with Crippen LogP contribution in [0.2, 0.25) is 0 Å². The van der Waals surface area contributed by atoms with E-state index in [2.05, 4.69) is 46.9 Å². The van der Waals surface area contributed by atoms with E-state index in [0.717, 1.165) is 25.9 Å². The highest BCUT2D eigenvalue weighted by atomic mass is 16.5. The maximum absolute atomic E-state index is 12.2. The number of Topliss-reactive ketones (excluding diaryl/α,β-unsaturated/α-hetero) is 1. The molecular weight excluding hydrogens is 250 g/mol. The Balaban J connectivity index is 2.22. The fraction of sp³-hybridized carbons (Fsp3) is 0.941. The van der Waals surface area contributed by atoms with Crippen molar-refractivity contribution in [2.45, 2.75) is 78.8 Å². The van der Waals surface area contributed by atoms with Crippen molar-refractivity contribution in [1.29, 1.82) is 0 Å². The zero-order chi connectivity index (χ0) is 15.4. The predicted octanol–water partition coefficient (Wildman–Crippen LogP) is 3.57. The highest BCUT2D eigenvalue weighted by Crippen LogP contribution is 2.28. The van der Waals surface area contributed by atoms with E-state index in [1.165, 1.54) is 0 Å². The first-order valence-corrected chi connectivity index (χ1v) is 7.95. The summed E-state index contributed by atoms with van der Waals surface area (Å²) in [5.74, 6) is 0.630. The van der Waals surface area contributed by atoms with Crippen molar-refractivity contribution in [2.24, 2.45) is 11.3 Å². The van der Waals surface area contributed by atoms with Crippen molar-refractivity contribution >= 4 is 5.78 Å². The van der Waals surface area contributed by atoms with Gasteiger partial charge in [-0.3, -0.25) is 4.79 Å². The van der Waals surface area contributed by atoms with Gasteiger partial charge in [0.15, 0.2) is 0 Å². The zero-order valence-corrected chi connectivity index (χ0v) is 14.2.